The van der Waals surface area contributed by atoms with E-state index in [9.17, 15) is 19.0 Å². The molecule has 9 heteroatoms. The molecule has 0 aliphatic rings. The lowest BCUT2D eigenvalue weighted by Gasteiger charge is -2.19. The number of allylic oxidation sites excluding steroid dienone is 9. The van der Waals surface area contributed by atoms with Crippen LogP contribution in [-0.2, 0) is 32.7 Å². The fraction of sp³-hybridized carbons (Fsp3) is 0.727. The van der Waals surface area contributed by atoms with E-state index in [0.717, 1.165) is 44.9 Å². The van der Waals surface area contributed by atoms with Crippen molar-refractivity contribution < 1.29 is 37.6 Å². The highest BCUT2D eigenvalue weighted by Gasteiger charge is 2.25. The van der Waals surface area contributed by atoms with Crippen LogP contribution in [0, 0.1) is 0 Å². The number of hydrogen-bond acceptors (Lipinski definition) is 7. The molecule has 0 spiro atoms. The van der Waals surface area contributed by atoms with E-state index in [1.54, 1.807) is 13.0 Å². The van der Waals surface area contributed by atoms with Crippen LogP contribution >= 0.6 is 7.82 Å². The van der Waals surface area contributed by atoms with Crippen LogP contribution in [-0.4, -0.2) is 42.8 Å². The summed E-state index contributed by atoms with van der Waals surface area (Å²) in [4.78, 5) is 34.6. The number of unbranched alkanes of at least 4 members (excludes halogenated alkanes) is 17. The summed E-state index contributed by atoms with van der Waals surface area (Å²) < 4.78 is 32.5. The predicted molar refractivity (Wildman–Crippen MR) is 221 cm³/mol. The van der Waals surface area contributed by atoms with Gasteiger partial charge in [-0.3, -0.25) is 18.6 Å². The Hall–Kier alpha value is -2.25. The Kier molecular flexibility index (Phi) is 37.8. The fourth-order valence-corrected chi connectivity index (χ4v) is 6.34. The number of phosphoric ester groups is 1. The van der Waals surface area contributed by atoms with Crippen LogP contribution in [0.15, 0.2) is 60.8 Å². The maximum atomic E-state index is 12.5. The molecule has 2 unspecified atom stereocenters. The van der Waals surface area contributed by atoms with Crippen molar-refractivity contribution in [2.24, 2.45) is 0 Å². The van der Waals surface area contributed by atoms with Crippen molar-refractivity contribution in [2.45, 2.75) is 187 Å². The van der Waals surface area contributed by atoms with E-state index in [1.165, 1.54) is 96.3 Å². The topological polar surface area (TPSA) is 108 Å². The molecule has 1 N–H and O–H groups in total. The molecule has 0 bridgehead atoms. The second-order valence-electron chi connectivity index (χ2n) is 13.6. The minimum atomic E-state index is -4.30. The minimum absolute atomic E-state index is 0.0134. The number of esters is 2. The largest absolute Gasteiger partial charge is 0.472 e. The first kappa shape index (κ1) is 50.8. The van der Waals surface area contributed by atoms with E-state index in [1.807, 2.05) is 12.2 Å². The Morgan fingerprint density at radius 1 is 0.528 bits per heavy atom. The standard InChI is InChI=1S/C44H77O8P/c1-4-7-9-11-13-15-17-19-21-22-23-25-26-28-30-32-34-36-38-43(45)49-40-42(41-51-53(47,48)50-6-3)52-44(46)39-37-35-33-31-29-27-24-20-18-16-14-12-10-8-5-2/h8,10,14,16,20,24,29,31,35,37,42H,4-7,9,11-13,15,17-19,21-23,25-28,30,32-34,36,38-41H2,1-3H3,(H,47,48)/b10-8-,16-14-,24-20-,31-29-,37-35-. The van der Waals surface area contributed by atoms with Crippen molar-refractivity contribution >= 4 is 19.8 Å². The molecule has 8 nitrogen and oxygen atoms in total. The maximum Gasteiger partial charge on any atom is 0.472 e. The fourth-order valence-electron chi connectivity index (χ4n) is 5.59. The molecule has 306 valence electrons. The normalized spacial score (nSPS) is 14.0. The molecule has 0 aliphatic heterocycles. The molecule has 0 saturated carbocycles. The van der Waals surface area contributed by atoms with Gasteiger partial charge in [0.05, 0.1) is 19.6 Å². The summed E-state index contributed by atoms with van der Waals surface area (Å²) in [6.07, 6.45) is 47.4. The molecule has 0 aromatic heterocycles. The number of carbonyl (C=O) groups excluding carboxylic acids is 2. The van der Waals surface area contributed by atoms with Crippen molar-refractivity contribution in [1.82, 2.24) is 0 Å². The van der Waals surface area contributed by atoms with E-state index >= 15 is 0 Å². The highest BCUT2D eigenvalue weighted by Crippen LogP contribution is 2.43. The van der Waals surface area contributed by atoms with Gasteiger partial charge in [-0.2, -0.15) is 0 Å². The molecule has 0 rings (SSSR count). The Labute approximate surface area is 324 Å². The van der Waals surface area contributed by atoms with Gasteiger partial charge in [-0.15, -0.1) is 0 Å². The molecule has 0 amide bonds. The molecule has 0 radical (unpaired) electrons. The van der Waals surface area contributed by atoms with Gasteiger partial charge >= 0.3 is 19.8 Å². The first-order chi connectivity index (χ1) is 25.8. The third-order valence-electron chi connectivity index (χ3n) is 8.62. The van der Waals surface area contributed by atoms with Gasteiger partial charge in [0.15, 0.2) is 6.10 Å². The summed E-state index contributed by atoms with van der Waals surface area (Å²) in [5, 5.41) is 0. The zero-order valence-corrected chi connectivity index (χ0v) is 34.8. The number of hydrogen-bond donors (Lipinski definition) is 1. The second-order valence-corrected chi connectivity index (χ2v) is 15.1. The van der Waals surface area contributed by atoms with Crippen LogP contribution in [0.5, 0.6) is 0 Å². The maximum absolute atomic E-state index is 12.5. The van der Waals surface area contributed by atoms with E-state index < -0.39 is 32.5 Å². The van der Waals surface area contributed by atoms with E-state index in [2.05, 4.69) is 56.4 Å². The van der Waals surface area contributed by atoms with Gasteiger partial charge in [-0.05, 0) is 45.4 Å². The second kappa shape index (κ2) is 39.4. The third-order valence-corrected chi connectivity index (χ3v) is 9.68. The van der Waals surface area contributed by atoms with Gasteiger partial charge in [0.1, 0.15) is 6.61 Å². The van der Waals surface area contributed by atoms with Gasteiger partial charge in [-0.25, -0.2) is 4.57 Å². The summed E-state index contributed by atoms with van der Waals surface area (Å²) in [5.41, 5.74) is 0. The van der Waals surface area contributed by atoms with Crippen LogP contribution in [0.25, 0.3) is 0 Å². The molecule has 2 atom stereocenters. The number of ether oxygens (including phenoxy) is 2. The molecule has 0 aliphatic carbocycles. The van der Waals surface area contributed by atoms with Crippen molar-refractivity contribution in [3.63, 3.8) is 0 Å². The zero-order valence-electron chi connectivity index (χ0n) is 33.9. The first-order valence-corrected chi connectivity index (χ1v) is 22.6. The lowest BCUT2D eigenvalue weighted by atomic mass is 10.0. The average molecular weight is 765 g/mol. The smallest absolute Gasteiger partial charge is 0.462 e. The Bertz CT molecular complexity index is 1050. The van der Waals surface area contributed by atoms with Gasteiger partial charge in [0, 0.05) is 6.42 Å². The molecule has 0 heterocycles. The summed E-state index contributed by atoms with van der Waals surface area (Å²) >= 11 is 0. The quantitative estimate of drug-likeness (QED) is 0.0286. The highest BCUT2D eigenvalue weighted by molar-refractivity contribution is 7.47. The van der Waals surface area contributed by atoms with Crippen LogP contribution in [0.4, 0.5) is 0 Å². The predicted octanol–water partition coefficient (Wildman–Crippen LogP) is 13.2. The SMILES string of the molecule is CC/C=C\C/C=C\C/C=C\C/C=C\C/C=C\CC(=O)OC(COC(=O)CCCCCCCCCCCCCCCCCCCC)COP(=O)(O)OCC. The van der Waals surface area contributed by atoms with E-state index in [0.29, 0.717) is 6.42 Å². The average Bonchev–Trinajstić information content (AvgIpc) is 3.13. The summed E-state index contributed by atoms with van der Waals surface area (Å²) in [6, 6.07) is 0. The van der Waals surface area contributed by atoms with Crippen molar-refractivity contribution in [2.75, 3.05) is 19.8 Å². The number of carbonyl (C=O) groups is 2. The molecule has 0 aromatic carbocycles. The Balaban J connectivity index is 4.18. The van der Waals surface area contributed by atoms with Crippen LogP contribution in [0.1, 0.15) is 181 Å². The number of phosphoric acid groups is 1. The number of rotatable bonds is 38. The summed E-state index contributed by atoms with van der Waals surface area (Å²) in [6.45, 7) is 5.25. The minimum Gasteiger partial charge on any atom is -0.462 e. The third kappa shape index (κ3) is 39.3. The monoisotopic (exact) mass is 765 g/mol. The molecule has 53 heavy (non-hydrogen) atoms. The van der Waals surface area contributed by atoms with Gasteiger partial charge in [0.2, 0.25) is 0 Å². The van der Waals surface area contributed by atoms with Crippen LogP contribution in [0.3, 0.4) is 0 Å². The van der Waals surface area contributed by atoms with E-state index in [4.69, 9.17) is 18.5 Å². The van der Waals surface area contributed by atoms with Crippen molar-refractivity contribution in [3.8, 4) is 0 Å². The molecule has 0 fully saturated rings. The van der Waals surface area contributed by atoms with Gasteiger partial charge in [0.25, 0.3) is 0 Å². The van der Waals surface area contributed by atoms with Gasteiger partial charge in [-0.1, -0.05) is 184 Å². The molecular weight excluding hydrogens is 687 g/mol. The molecule has 0 saturated heterocycles. The van der Waals surface area contributed by atoms with Crippen LogP contribution < -0.4 is 0 Å². The zero-order chi connectivity index (χ0) is 38.9. The van der Waals surface area contributed by atoms with Crippen LogP contribution in [0.2, 0.25) is 0 Å². The lowest BCUT2D eigenvalue weighted by Crippen LogP contribution is -2.29. The summed E-state index contributed by atoms with van der Waals surface area (Å²) in [5.74, 6) is -0.943. The van der Waals surface area contributed by atoms with Crippen molar-refractivity contribution in [1.29, 1.82) is 0 Å². The molecular formula is C44H77O8P. The van der Waals surface area contributed by atoms with Crippen molar-refractivity contribution in [3.05, 3.63) is 60.8 Å². The van der Waals surface area contributed by atoms with E-state index in [-0.39, 0.29) is 26.1 Å². The van der Waals surface area contributed by atoms with Gasteiger partial charge < -0.3 is 14.4 Å². The Morgan fingerprint density at radius 3 is 1.38 bits per heavy atom. The molecule has 0 aromatic rings. The summed E-state index contributed by atoms with van der Waals surface area (Å²) in [7, 11) is -4.30. The highest BCUT2D eigenvalue weighted by atomic mass is 31.2. The lowest BCUT2D eigenvalue weighted by molar-refractivity contribution is -0.160. The Morgan fingerprint density at radius 2 is 0.943 bits per heavy atom. The first-order valence-electron chi connectivity index (χ1n) is 21.1.